The Balaban J connectivity index is 3.18. The smallest absolute Gasteiger partial charge is 0.236 e. The fourth-order valence-corrected chi connectivity index (χ4v) is 3.66. The van der Waals surface area contributed by atoms with Gasteiger partial charge in [-0.3, -0.25) is 4.79 Å². The molecular weight excluding hydrogens is 346 g/mol. The molecule has 0 unspecified atom stereocenters. The number of carbonyl (C=O) groups excluding carboxylic acids is 1. The average molecular weight is 398 g/mol. The molecule has 1 atom stereocenters. The number of amides is 1. The molecule has 0 spiro atoms. The summed E-state index contributed by atoms with van der Waals surface area (Å²) in [5, 5.41) is 2.96. The Morgan fingerprint density at radius 1 is 0.679 bits per heavy atom. The highest BCUT2D eigenvalue weighted by atomic mass is 16.2. The van der Waals surface area contributed by atoms with Gasteiger partial charge in [0.1, 0.15) is 0 Å². The van der Waals surface area contributed by atoms with Crippen molar-refractivity contribution in [2.45, 2.75) is 135 Å². The van der Waals surface area contributed by atoms with Gasteiger partial charge in [0, 0.05) is 6.54 Å². The molecule has 0 aromatic carbocycles. The maximum absolute atomic E-state index is 11.8. The molecule has 4 heteroatoms. The second kappa shape index (κ2) is 22.7. The molecule has 5 N–H and O–H groups in total. The molecule has 0 aliphatic carbocycles. The van der Waals surface area contributed by atoms with Gasteiger partial charge in [-0.2, -0.15) is 0 Å². The Bertz CT molecular complexity index is 323. The lowest BCUT2D eigenvalue weighted by molar-refractivity contribution is -0.122. The summed E-state index contributed by atoms with van der Waals surface area (Å²) in [5.41, 5.74) is 11.3. The van der Waals surface area contributed by atoms with Crippen molar-refractivity contribution in [2.75, 3.05) is 13.1 Å². The number of nitrogens with two attached hydrogens (primary N) is 2. The molecule has 168 valence electrons. The summed E-state index contributed by atoms with van der Waals surface area (Å²) in [7, 11) is 0. The van der Waals surface area contributed by atoms with Gasteiger partial charge >= 0.3 is 0 Å². The van der Waals surface area contributed by atoms with Gasteiger partial charge in [0.15, 0.2) is 0 Å². The summed E-state index contributed by atoms with van der Waals surface area (Å²) in [5.74, 6) is -0.00187. The van der Waals surface area contributed by atoms with Gasteiger partial charge < -0.3 is 16.8 Å². The number of unbranched alkanes of at least 4 members (excludes halogenated alkanes) is 16. The molecule has 28 heavy (non-hydrogen) atoms. The zero-order chi connectivity index (χ0) is 20.7. The van der Waals surface area contributed by atoms with Crippen molar-refractivity contribution < 1.29 is 4.79 Å². The largest absolute Gasteiger partial charge is 0.355 e. The number of rotatable bonds is 22. The van der Waals surface area contributed by atoms with Crippen LogP contribution in [0.25, 0.3) is 0 Å². The maximum atomic E-state index is 11.8. The highest BCUT2D eigenvalue weighted by Gasteiger charge is 2.11. The summed E-state index contributed by atoms with van der Waals surface area (Å²) in [6.45, 7) is 3.72. The van der Waals surface area contributed by atoms with Crippen molar-refractivity contribution >= 4 is 5.91 Å². The van der Waals surface area contributed by atoms with E-state index >= 15 is 0 Å². The topological polar surface area (TPSA) is 81.1 Å². The number of carbonyl (C=O) groups is 1. The first-order valence-corrected chi connectivity index (χ1v) is 12.5. The van der Waals surface area contributed by atoms with Gasteiger partial charge in [0.2, 0.25) is 5.91 Å². The highest BCUT2D eigenvalue weighted by Crippen LogP contribution is 2.13. The van der Waals surface area contributed by atoms with Crippen LogP contribution in [0.4, 0.5) is 0 Å². The van der Waals surface area contributed by atoms with E-state index in [1.807, 2.05) is 0 Å². The van der Waals surface area contributed by atoms with Crippen LogP contribution in [0, 0.1) is 0 Å². The second-order valence-corrected chi connectivity index (χ2v) is 8.49. The van der Waals surface area contributed by atoms with Crippen LogP contribution in [-0.2, 0) is 4.79 Å². The third-order valence-electron chi connectivity index (χ3n) is 5.64. The van der Waals surface area contributed by atoms with E-state index in [-0.39, 0.29) is 11.9 Å². The zero-order valence-electron chi connectivity index (χ0n) is 19.0. The maximum Gasteiger partial charge on any atom is 0.236 e. The lowest BCUT2D eigenvalue weighted by Gasteiger charge is -2.11. The first-order chi connectivity index (χ1) is 13.7. The summed E-state index contributed by atoms with van der Waals surface area (Å²) >= 11 is 0. The standard InChI is InChI=1S/C24H51N3O/c1-2-3-4-5-6-7-8-9-10-11-12-13-14-15-16-19-22-27-24(28)23(26)20-17-18-21-25/h23H,2-22,25-26H2,1H3,(H,27,28)/t23-/m0/s1. The Morgan fingerprint density at radius 3 is 1.54 bits per heavy atom. The predicted octanol–water partition coefficient (Wildman–Crippen LogP) is 5.82. The number of nitrogens with one attached hydrogen (secondary N) is 1. The number of hydrogen-bond acceptors (Lipinski definition) is 3. The predicted molar refractivity (Wildman–Crippen MR) is 123 cm³/mol. The van der Waals surface area contributed by atoms with Crippen LogP contribution >= 0.6 is 0 Å². The fourth-order valence-electron chi connectivity index (χ4n) is 3.66. The molecule has 0 aromatic heterocycles. The highest BCUT2D eigenvalue weighted by molar-refractivity contribution is 5.81. The van der Waals surface area contributed by atoms with Crippen LogP contribution in [0.15, 0.2) is 0 Å². The molecule has 0 bridgehead atoms. The molecule has 0 heterocycles. The molecule has 0 saturated heterocycles. The minimum atomic E-state index is -0.368. The van der Waals surface area contributed by atoms with E-state index in [4.69, 9.17) is 11.5 Å². The third-order valence-corrected chi connectivity index (χ3v) is 5.64. The van der Waals surface area contributed by atoms with Crippen LogP contribution in [0.1, 0.15) is 129 Å². The van der Waals surface area contributed by atoms with Crippen molar-refractivity contribution in [1.82, 2.24) is 5.32 Å². The van der Waals surface area contributed by atoms with Gasteiger partial charge in [-0.15, -0.1) is 0 Å². The van der Waals surface area contributed by atoms with Gasteiger partial charge in [-0.05, 0) is 25.8 Å². The monoisotopic (exact) mass is 397 g/mol. The lowest BCUT2D eigenvalue weighted by Crippen LogP contribution is -2.40. The minimum absolute atomic E-state index is 0.00187. The van der Waals surface area contributed by atoms with Crippen molar-refractivity contribution in [1.29, 1.82) is 0 Å². The first-order valence-electron chi connectivity index (χ1n) is 12.5. The van der Waals surface area contributed by atoms with Gasteiger partial charge in [0.05, 0.1) is 6.04 Å². The summed E-state index contributed by atoms with van der Waals surface area (Å²) in [6, 6.07) is -0.368. The molecule has 0 aliphatic heterocycles. The van der Waals surface area contributed by atoms with Gasteiger partial charge in [0.25, 0.3) is 0 Å². The van der Waals surface area contributed by atoms with E-state index < -0.39 is 0 Å². The van der Waals surface area contributed by atoms with Crippen LogP contribution < -0.4 is 16.8 Å². The first kappa shape index (κ1) is 27.4. The molecule has 0 rings (SSSR count). The minimum Gasteiger partial charge on any atom is -0.355 e. The normalized spacial score (nSPS) is 12.2. The molecule has 0 radical (unpaired) electrons. The molecule has 0 aromatic rings. The van der Waals surface area contributed by atoms with Crippen molar-refractivity contribution in [3.63, 3.8) is 0 Å². The zero-order valence-corrected chi connectivity index (χ0v) is 19.0. The fraction of sp³-hybridized carbons (Fsp3) is 0.958. The average Bonchev–Trinajstić information content (AvgIpc) is 2.70. The molecule has 1 amide bonds. The van der Waals surface area contributed by atoms with E-state index in [0.29, 0.717) is 6.54 Å². The van der Waals surface area contributed by atoms with Crippen molar-refractivity contribution in [2.24, 2.45) is 11.5 Å². The SMILES string of the molecule is CCCCCCCCCCCCCCCCCCNC(=O)[C@@H](N)CCCCN. The Labute approximate surface area is 176 Å². The lowest BCUT2D eigenvalue weighted by atomic mass is 10.0. The molecular formula is C24H51N3O. The quantitative estimate of drug-likeness (QED) is 0.201. The Hall–Kier alpha value is -0.610. The molecule has 0 aliphatic rings. The van der Waals surface area contributed by atoms with Crippen molar-refractivity contribution in [3.05, 3.63) is 0 Å². The van der Waals surface area contributed by atoms with Crippen LogP contribution in [-0.4, -0.2) is 25.0 Å². The summed E-state index contributed by atoms with van der Waals surface area (Å²) < 4.78 is 0. The van der Waals surface area contributed by atoms with E-state index in [1.54, 1.807) is 0 Å². The second-order valence-electron chi connectivity index (χ2n) is 8.49. The van der Waals surface area contributed by atoms with E-state index in [1.165, 1.54) is 96.3 Å². The van der Waals surface area contributed by atoms with Gasteiger partial charge in [-0.1, -0.05) is 110 Å². The molecule has 0 saturated carbocycles. The number of hydrogen-bond donors (Lipinski definition) is 3. The Kier molecular flexibility index (Phi) is 22.2. The third kappa shape index (κ3) is 20.1. The molecule has 0 fully saturated rings. The van der Waals surface area contributed by atoms with Crippen LogP contribution in [0.3, 0.4) is 0 Å². The van der Waals surface area contributed by atoms with E-state index in [0.717, 1.165) is 32.2 Å². The van der Waals surface area contributed by atoms with E-state index in [9.17, 15) is 4.79 Å². The van der Waals surface area contributed by atoms with Crippen LogP contribution in [0.5, 0.6) is 0 Å². The van der Waals surface area contributed by atoms with Gasteiger partial charge in [-0.25, -0.2) is 0 Å². The summed E-state index contributed by atoms with van der Waals surface area (Å²) in [6.07, 6.45) is 24.5. The van der Waals surface area contributed by atoms with Crippen LogP contribution in [0.2, 0.25) is 0 Å². The summed E-state index contributed by atoms with van der Waals surface area (Å²) in [4.78, 5) is 11.8. The van der Waals surface area contributed by atoms with E-state index in [2.05, 4.69) is 12.2 Å². The Morgan fingerprint density at radius 2 is 1.11 bits per heavy atom. The molecule has 4 nitrogen and oxygen atoms in total. The van der Waals surface area contributed by atoms with Crippen molar-refractivity contribution in [3.8, 4) is 0 Å².